The van der Waals surface area contributed by atoms with E-state index in [1.807, 2.05) is 30.5 Å². The summed E-state index contributed by atoms with van der Waals surface area (Å²) in [4.78, 5) is 30.9. The molecule has 0 bridgehead atoms. The number of benzene rings is 2. The number of hydrogen-bond donors (Lipinski definition) is 2. The summed E-state index contributed by atoms with van der Waals surface area (Å²) in [6, 6.07) is 13.9. The van der Waals surface area contributed by atoms with Crippen LogP contribution in [0.3, 0.4) is 0 Å². The molecule has 3 aromatic rings. The lowest BCUT2D eigenvalue weighted by Gasteiger charge is -2.25. The normalized spacial score (nSPS) is 18.1. The first-order valence-electron chi connectivity index (χ1n) is 10.6. The standard InChI is InChI=1S/C25H26N2O4/c1-3-4-7-14-27-22(19-15-26-20-9-6-5-8-18(19)20)21(24(29)25(27)30)23(28)16-10-12-17(31-2)13-11-16/h5-6,8-13,15,22,26,28H,3-4,7,14H2,1-2H3/b23-21+. The number of aromatic nitrogens is 1. The number of H-pyrrole nitrogens is 1. The lowest BCUT2D eigenvalue weighted by atomic mass is 9.95. The van der Waals surface area contributed by atoms with Crippen LogP contribution in [0.15, 0.2) is 60.3 Å². The second-order valence-corrected chi connectivity index (χ2v) is 7.72. The molecule has 160 valence electrons. The van der Waals surface area contributed by atoms with Gasteiger partial charge >= 0.3 is 0 Å². The van der Waals surface area contributed by atoms with E-state index >= 15 is 0 Å². The summed E-state index contributed by atoms with van der Waals surface area (Å²) >= 11 is 0. The van der Waals surface area contributed by atoms with Gasteiger partial charge in [0.25, 0.3) is 11.7 Å². The van der Waals surface area contributed by atoms with E-state index in [4.69, 9.17) is 4.74 Å². The fourth-order valence-electron chi connectivity index (χ4n) is 4.19. The molecule has 1 atom stereocenters. The molecule has 4 rings (SSSR count). The number of carbonyl (C=O) groups excluding carboxylic acids is 2. The Morgan fingerprint density at radius 1 is 1.10 bits per heavy atom. The van der Waals surface area contributed by atoms with Gasteiger partial charge in [0.05, 0.1) is 18.7 Å². The van der Waals surface area contributed by atoms with Gasteiger partial charge in [-0.25, -0.2) is 0 Å². The van der Waals surface area contributed by atoms with E-state index in [9.17, 15) is 14.7 Å². The molecule has 1 aromatic heterocycles. The number of unbranched alkanes of at least 4 members (excludes halogenated alkanes) is 2. The van der Waals surface area contributed by atoms with Crippen molar-refractivity contribution in [1.29, 1.82) is 0 Å². The molecule has 1 aliphatic rings. The monoisotopic (exact) mass is 418 g/mol. The number of nitrogens with one attached hydrogen (secondary N) is 1. The zero-order chi connectivity index (χ0) is 22.0. The largest absolute Gasteiger partial charge is 0.507 e. The first-order valence-corrected chi connectivity index (χ1v) is 10.6. The summed E-state index contributed by atoms with van der Waals surface area (Å²) in [7, 11) is 1.56. The molecule has 0 spiro atoms. The number of para-hydroxylation sites is 1. The van der Waals surface area contributed by atoms with Crippen LogP contribution in [-0.4, -0.2) is 40.3 Å². The van der Waals surface area contributed by atoms with Crippen LogP contribution in [0.2, 0.25) is 0 Å². The number of likely N-dealkylation sites (tertiary alicyclic amines) is 1. The highest BCUT2D eigenvalue weighted by Crippen LogP contribution is 2.42. The van der Waals surface area contributed by atoms with E-state index in [0.717, 1.165) is 35.7 Å². The second kappa shape index (κ2) is 8.68. The first-order chi connectivity index (χ1) is 15.1. The van der Waals surface area contributed by atoms with Gasteiger partial charge in [-0.15, -0.1) is 0 Å². The first kappa shape index (κ1) is 20.7. The maximum Gasteiger partial charge on any atom is 0.295 e. The molecular formula is C25H26N2O4. The average Bonchev–Trinajstić information content (AvgIpc) is 3.33. The Balaban J connectivity index is 1.86. The zero-order valence-corrected chi connectivity index (χ0v) is 17.7. The second-order valence-electron chi connectivity index (χ2n) is 7.72. The van der Waals surface area contributed by atoms with Crippen LogP contribution in [0.5, 0.6) is 5.75 Å². The van der Waals surface area contributed by atoms with Gasteiger partial charge in [-0.05, 0) is 36.8 Å². The number of aliphatic hydroxyl groups excluding tert-OH is 1. The number of aromatic amines is 1. The van der Waals surface area contributed by atoms with E-state index in [1.165, 1.54) is 0 Å². The number of aliphatic hydroxyl groups is 1. The minimum Gasteiger partial charge on any atom is -0.507 e. The van der Waals surface area contributed by atoms with Gasteiger partial charge in [0.1, 0.15) is 11.5 Å². The van der Waals surface area contributed by atoms with Gasteiger partial charge in [0.15, 0.2) is 0 Å². The molecular weight excluding hydrogens is 392 g/mol. The van der Waals surface area contributed by atoms with Crippen molar-refractivity contribution >= 4 is 28.4 Å². The minimum absolute atomic E-state index is 0.122. The lowest BCUT2D eigenvalue weighted by molar-refractivity contribution is -0.139. The predicted octanol–water partition coefficient (Wildman–Crippen LogP) is 4.79. The molecule has 1 fully saturated rings. The summed E-state index contributed by atoms with van der Waals surface area (Å²) in [6.45, 7) is 2.55. The van der Waals surface area contributed by atoms with Crippen LogP contribution in [-0.2, 0) is 9.59 Å². The van der Waals surface area contributed by atoms with Crippen LogP contribution in [0.1, 0.15) is 43.4 Å². The average molecular weight is 418 g/mol. The molecule has 2 aromatic carbocycles. The summed E-state index contributed by atoms with van der Waals surface area (Å²) in [5.41, 5.74) is 2.32. The van der Waals surface area contributed by atoms with Crippen molar-refractivity contribution in [3.63, 3.8) is 0 Å². The summed E-state index contributed by atoms with van der Waals surface area (Å²) < 4.78 is 5.18. The number of carbonyl (C=O) groups is 2. The topological polar surface area (TPSA) is 82.6 Å². The molecule has 2 heterocycles. The Morgan fingerprint density at radius 2 is 1.84 bits per heavy atom. The Labute approximate surface area is 181 Å². The number of Topliss-reactive ketones (excluding diaryl/α,β-unsaturated/α-hetero) is 1. The fourth-order valence-corrected chi connectivity index (χ4v) is 4.19. The number of fused-ring (bicyclic) bond motifs is 1. The van der Waals surface area contributed by atoms with Crippen molar-refractivity contribution in [3.8, 4) is 5.75 Å². The van der Waals surface area contributed by atoms with E-state index in [2.05, 4.69) is 11.9 Å². The third-order valence-corrected chi connectivity index (χ3v) is 5.82. The molecule has 2 N–H and O–H groups in total. The van der Waals surface area contributed by atoms with E-state index < -0.39 is 17.7 Å². The van der Waals surface area contributed by atoms with Crippen LogP contribution in [0.25, 0.3) is 16.7 Å². The number of nitrogens with zero attached hydrogens (tertiary/aromatic N) is 1. The van der Waals surface area contributed by atoms with Gasteiger partial charge in [-0.2, -0.15) is 0 Å². The molecule has 1 saturated heterocycles. The van der Waals surface area contributed by atoms with Crippen LogP contribution in [0.4, 0.5) is 0 Å². The Morgan fingerprint density at radius 3 is 2.55 bits per heavy atom. The van der Waals surface area contributed by atoms with E-state index in [0.29, 0.717) is 17.9 Å². The Bertz CT molecular complexity index is 1140. The maximum atomic E-state index is 13.1. The minimum atomic E-state index is -0.653. The molecule has 1 unspecified atom stereocenters. The van der Waals surface area contributed by atoms with Crippen molar-refractivity contribution in [2.45, 2.75) is 32.2 Å². The maximum absolute atomic E-state index is 13.1. The third kappa shape index (κ3) is 3.69. The highest BCUT2D eigenvalue weighted by molar-refractivity contribution is 6.46. The Kier molecular flexibility index (Phi) is 5.80. The van der Waals surface area contributed by atoms with E-state index in [1.54, 1.807) is 36.3 Å². The van der Waals surface area contributed by atoms with E-state index in [-0.39, 0.29) is 11.3 Å². The number of methoxy groups -OCH3 is 1. The van der Waals surface area contributed by atoms with Crippen LogP contribution < -0.4 is 4.74 Å². The van der Waals surface area contributed by atoms with Gasteiger partial charge in [0.2, 0.25) is 0 Å². The van der Waals surface area contributed by atoms with Gasteiger partial charge in [0, 0.05) is 34.8 Å². The van der Waals surface area contributed by atoms with Gasteiger partial charge in [-0.1, -0.05) is 38.0 Å². The van der Waals surface area contributed by atoms with Crippen molar-refractivity contribution < 1.29 is 19.4 Å². The van der Waals surface area contributed by atoms with Gasteiger partial charge < -0.3 is 19.7 Å². The molecule has 1 amide bonds. The summed E-state index contributed by atoms with van der Waals surface area (Å²) in [6.07, 6.45) is 4.59. The summed E-state index contributed by atoms with van der Waals surface area (Å²) in [5, 5.41) is 12.1. The molecule has 31 heavy (non-hydrogen) atoms. The van der Waals surface area contributed by atoms with Crippen LogP contribution in [0, 0.1) is 0 Å². The molecule has 1 aliphatic heterocycles. The highest BCUT2D eigenvalue weighted by atomic mass is 16.5. The predicted molar refractivity (Wildman–Crippen MR) is 120 cm³/mol. The molecule has 0 radical (unpaired) electrons. The molecule has 0 saturated carbocycles. The van der Waals surface area contributed by atoms with Crippen molar-refractivity contribution in [3.05, 3.63) is 71.4 Å². The number of amides is 1. The molecule has 0 aliphatic carbocycles. The fraction of sp³-hybridized carbons (Fsp3) is 0.280. The van der Waals surface area contributed by atoms with Crippen LogP contribution >= 0.6 is 0 Å². The third-order valence-electron chi connectivity index (χ3n) is 5.82. The number of ketones is 1. The molecule has 6 heteroatoms. The smallest absolute Gasteiger partial charge is 0.295 e. The highest BCUT2D eigenvalue weighted by Gasteiger charge is 2.46. The quantitative estimate of drug-likeness (QED) is 0.250. The molecule has 6 nitrogen and oxygen atoms in total. The SMILES string of the molecule is CCCCCN1C(=O)C(=O)/C(=C(/O)c2ccc(OC)cc2)C1c1c[nH]c2ccccc12. The van der Waals surface area contributed by atoms with Crippen molar-refractivity contribution in [2.75, 3.05) is 13.7 Å². The Hall–Kier alpha value is -3.54. The summed E-state index contributed by atoms with van der Waals surface area (Å²) in [5.74, 6) is -0.749. The lowest BCUT2D eigenvalue weighted by Crippen LogP contribution is -2.30. The number of rotatable bonds is 7. The van der Waals surface area contributed by atoms with Crippen molar-refractivity contribution in [2.24, 2.45) is 0 Å². The van der Waals surface area contributed by atoms with Gasteiger partial charge in [-0.3, -0.25) is 9.59 Å². The number of hydrogen-bond acceptors (Lipinski definition) is 4. The number of ether oxygens (including phenoxy) is 1. The van der Waals surface area contributed by atoms with Crippen molar-refractivity contribution in [1.82, 2.24) is 9.88 Å². The zero-order valence-electron chi connectivity index (χ0n) is 17.7.